The maximum atomic E-state index is 13.1. The smallest absolute Gasteiger partial charge is 0.266 e. The fourth-order valence-electron chi connectivity index (χ4n) is 2.37. The van der Waals surface area contributed by atoms with Gasteiger partial charge in [0.25, 0.3) is 15.9 Å². The molecule has 1 heterocycles. The maximum Gasteiger partial charge on any atom is 0.266 e. The van der Waals surface area contributed by atoms with Gasteiger partial charge in [0.05, 0.1) is 17.3 Å². The van der Waals surface area contributed by atoms with Gasteiger partial charge in [-0.05, 0) is 30.3 Å². The van der Waals surface area contributed by atoms with Gasteiger partial charge in [-0.15, -0.1) is 0 Å². The number of para-hydroxylation sites is 2. The lowest BCUT2D eigenvalue weighted by molar-refractivity contribution is -0.124. The summed E-state index contributed by atoms with van der Waals surface area (Å²) in [5.74, 6) is -0.517. The fourth-order valence-corrected chi connectivity index (χ4v) is 4.59. The molecule has 0 aliphatic carbocycles. The SMILES string of the molecule is NC(=O)[C@@H]1CN(S(=O)(=O)c2cc(Cl)ccc2Cl)c2ccccc2O1. The van der Waals surface area contributed by atoms with Crippen molar-refractivity contribution in [2.24, 2.45) is 5.73 Å². The van der Waals surface area contributed by atoms with Gasteiger partial charge in [0, 0.05) is 5.02 Å². The van der Waals surface area contributed by atoms with Gasteiger partial charge in [0.15, 0.2) is 6.10 Å². The summed E-state index contributed by atoms with van der Waals surface area (Å²) in [6, 6.07) is 10.6. The van der Waals surface area contributed by atoms with E-state index >= 15 is 0 Å². The van der Waals surface area contributed by atoms with Crippen molar-refractivity contribution in [3.63, 3.8) is 0 Å². The Kier molecular flexibility index (Phi) is 4.33. The summed E-state index contributed by atoms with van der Waals surface area (Å²) < 4.78 is 32.7. The number of sulfonamides is 1. The van der Waals surface area contributed by atoms with Crippen LogP contribution in [0.15, 0.2) is 47.4 Å². The number of rotatable bonds is 3. The van der Waals surface area contributed by atoms with Gasteiger partial charge in [0.2, 0.25) is 0 Å². The van der Waals surface area contributed by atoms with E-state index in [9.17, 15) is 13.2 Å². The van der Waals surface area contributed by atoms with E-state index in [1.54, 1.807) is 24.3 Å². The summed E-state index contributed by atoms with van der Waals surface area (Å²) in [4.78, 5) is 11.4. The molecule has 0 bridgehead atoms. The molecule has 2 aromatic rings. The molecular formula is C15H12Cl2N2O4S. The summed E-state index contributed by atoms with van der Waals surface area (Å²) in [6.07, 6.45) is -1.10. The molecule has 0 spiro atoms. The summed E-state index contributed by atoms with van der Waals surface area (Å²) in [6.45, 7) is -0.252. The van der Waals surface area contributed by atoms with Gasteiger partial charge in [-0.1, -0.05) is 35.3 Å². The molecule has 1 aliphatic heterocycles. The number of ether oxygens (including phenoxy) is 1. The van der Waals surface area contributed by atoms with Crippen LogP contribution in [0.2, 0.25) is 10.0 Å². The van der Waals surface area contributed by atoms with E-state index < -0.39 is 22.0 Å². The Morgan fingerprint density at radius 2 is 1.92 bits per heavy atom. The van der Waals surface area contributed by atoms with Crippen LogP contribution in [0, 0.1) is 0 Å². The molecule has 126 valence electrons. The van der Waals surface area contributed by atoms with Crippen LogP contribution in [-0.2, 0) is 14.8 Å². The summed E-state index contributed by atoms with van der Waals surface area (Å²) in [5, 5.41) is 0.255. The van der Waals surface area contributed by atoms with Gasteiger partial charge >= 0.3 is 0 Å². The second-order valence-corrected chi connectivity index (χ2v) is 7.76. The first-order valence-corrected chi connectivity index (χ1v) is 9.03. The highest BCUT2D eigenvalue weighted by Crippen LogP contribution is 2.38. The van der Waals surface area contributed by atoms with Crippen molar-refractivity contribution in [2.45, 2.75) is 11.0 Å². The average Bonchev–Trinajstić information content (AvgIpc) is 2.55. The van der Waals surface area contributed by atoms with Crippen LogP contribution in [0.1, 0.15) is 0 Å². The van der Waals surface area contributed by atoms with Gasteiger partial charge < -0.3 is 10.5 Å². The minimum Gasteiger partial charge on any atom is -0.476 e. The van der Waals surface area contributed by atoms with E-state index in [2.05, 4.69) is 0 Å². The van der Waals surface area contributed by atoms with Crippen LogP contribution in [0.3, 0.4) is 0 Å². The van der Waals surface area contributed by atoms with Crippen LogP contribution in [0.5, 0.6) is 5.75 Å². The molecule has 3 rings (SSSR count). The van der Waals surface area contributed by atoms with Crippen LogP contribution < -0.4 is 14.8 Å². The molecule has 24 heavy (non-hydrogen) atoms. The van der Waals surface area contributed by atoms with Crippen LogP contribution in [0.25, 0.3) is 0 Å². The van der Waals surface area contributed by atoms with Gasteiger partial charge in [-0.2, -0.15) is 0 Å². The number of anilines is 1. The number of hydrogen-bond acceptors (Lipinski definition) is 4. The average molecular weight is 387 g/mol. The molecule has 6 nitrogen and oxygen atoms in total. The topological polar surface area (TPSA) is 89.7 Å². The summed E-state index contributed by atoms with van der Waals surface area (Å²) >= 11 is 11.9. The summed E-state index contributed by atoms with van der Waals surface area (Å²) in [5.41, 5.74) is 5.59. The van der Waals surface area contributed by atoms with E-state index in [-0.39, 0.29) is 27.2 Å². The zero-order valence-electron chi connectivity index (χ0n) is 12.1. The molecule has 0 fully saturated rings. The number of nitrogens with zero attached hydrogens (tertiary/aromatic N) is 1. The second kappa shape index (κ2) is 6.16. The lowest BCUT2D eigenvalue weighted by Gasteiger charge is -2.34. The number of fused-ring (bicyclic) bond motifs is 1. The van der Waals surface area contributed by atoms with Gasteiger partial charge in [0.1, 0.15) is 10.6 Å². The molecule has 9 heteroatoms. The molecule has 0 unspecified atom stereocenters. The molecule has 1 aliphatic rings. The molecular weight excluding hydrogens is 375 g/mol. The number of hydrogen-bond donors (Lipinski definition) is 1. The van der Waals surface area contributed by atoms with E-state index in [1.807, 2.05) is 0 Å². The predicted molar refractivity (Wildman–Crippen MR) is 91.0 cm³/mol. The molecule has 1 amide bonds. The lowest BCUT2D eigenvalue weighted by atomic mass is 10.2. The molecule has 2 N–H and O–H groups in total. The third kappa shape index (κ3) is 2.90. The zero-order valence-corrected chi connectivity index (χ0v) is 14.5. The third-order valence-corrected chi connectivity index (χ3v) is 6.01. The van der Waals surface area contributed by atoms with Gasteiger partial charge in [-0.3, -0.25) is 9.10 Å². The Bertz CT molecular complexity index is 917. The first-order valence-electron chi connectivity index (χ1n) is 6.83. The highest BCUT2D eigenvalue weighted by Gasteiger charge is 2.37. The quantitative estimate of drug-likeness (QED) is 0.876. The second-order valence-electron chi connectivity index (χ2n) is 5.09. The number of carbonyl (C=O) groups is 1. The Hall–Kier alpha value is -1.96. The lowest BCUT2D eigenvalue weighted by Crippen LogP contribution is -2.49. The zero-order chi connectivity index (χ0) is 17.5. The van der Waals surface area contributed by atoms with Crippen LogP contribution in [0.4, 0.5) is 5.69 Å². The minimum absolute atomic E-state index is 0.0268. The van der Waals surface area contributed by atoms with Crippen molar-refractivity contribution >= 4 is 44.8 Å². The maximum absolute atomic E-state index is 13.1. The van der Waals surface area contributed by atoms with Crippen molar-refractivity contribution in [2.75, 3.05) is 10.8 Å². The number of benzene rings is 2. The van der Waals surface area contributed by atoms with E-state index in [1.165, 1.54) is 18.2 Å². The Morgan fingerprint density at radius 1 is 1.21 bits per heavy atom. The number of primary amides is 1. The Labute approximate surface area is 148 Å². The van der Waals surface area contributed by atoms with E-state index in [4.69, 9.17) is 33.7 Å². The molecule has 1 atom stereocenters. The molecule has 0 radical (unpaired) electrons. The molecule has 0 aromatic heterocycles. The minimum atomic E-state index is -4.07. The monoisotopic (exact) mass is 386 g/mol. The third-order valence-electron chi connectivity index (χ3n) is 3.51. The van der Waals surface area contributed by atoms with Crippen molar-refractivity contribution in [3.05, 3.63) is 52.5 Å². The molecule has 0 saturated heterocycles. The summed E-state index contributed by atoms with van der Waals surface area (Å²) in [7, 11) is -4.07. The first-order chi connectivity index (χ1) is 11.3. The molecule has 2 aromatic carbocycles. The van der Waals surface area contributed by atoms with Crippen molar-refractivity contribution < 1.29 is 17.9 Å². The standard InChI is InChI=1S/C15H12Cl2N2O4S/c16-9-5-6-10(17)14(7-9)24(21,22)19-8-13(15(18)20)23-12-4-2-1-3-11(12)19/h1-7,13H,8H2,(H2,18,20)/t13-/m0/s1. The predicted octanol–water partition coefficient (Wildman–Crippen LogP) is 2.44. The normalized spacial score (nSPS) is 17.1. The number of nitrogens with two attached hydrogens (primary N) is 1. The number of amides is 1. The van der Waals surface area contributed by atoms with E-state index in [0.717, 1.165) is 4.31 Å². The fraction of sp³-hybridized carbons (Fsp3) is 0.133. The van der Waals surface area contributed by atoms with Crippen molar-refractivity contribution in [1.29, 1.82) is 0 Å². The van der Waals surface area contributed by atoms with Crippen molar-refractivity contribution in [3.8, 4) is 5.75 Å². The first kappa shape index (κ1) is 16.9. The van der Waals surface area contributed by atoms with Gasteiger partial charge in [-0.25, -0.2) is 8.42 Å². The highest BCUT2D eigenvalue weighted by atomic mass is 35.5. The van der Waals surface area contributed by atoms with Crippen molar-refractivity contribution in [1.82, 2.24) is 0 Å². The van der Waals surface area contributed by atoms with E-state index in [0.29, 0.717) is 5.69 Å². The number of halogens is 2. The Balaban J connectivity index is 2.16. The largest absolute Gasteiger partial charge is 0.476 e. The Morgan fingerprint density at radius 3 is 2.62 bits per heavy atom. The van der Waals surface area contributed by atoms with Crippen LogP contribution in [-0.4, -0.2) is 27.0 Å². The number of carbonyl (C=O) groups excluding carboxylic acids is 1. The van der Waals surface area contributed by atoms with Crippen LogP contribution >= 0.6 is 23.2 Å². The molecule has 0 saturated carbocycles. The highest BCUT2D eigenvalue weighted by molar-refractivity contribution is 7.93.